The van der Waals surface area contributed by atoms with Crippen LogP contribution in [0.5, 0.6) is 0 Å². The van der Waals surface area contributed by atoms with E-state index in [1.54, 1.807) is 0 Å². The Kier molecular flexibility index (Phi) is 4.46. The second-order valence-corrected chi connectivity index (χ2v) is 3.28. The number of hydrazone groups is 1. The lowest BCUT2D eigenvalue weighted by Gasteiger charge is -2.14. The van der Waals surface area contributed by atoms with Crippen LogP contribution in [0.2, 0.25) is 0 Å². The van der Waals surface area contributed by atoms with Crippen molar-refractivity contribution in [2.75, 3.05) is 5.43 Å². The monoisotopic (exact) mass is 268 g/mol. The zero-order valence-corrected chi connectivity index (χ0v) is 9.36. The summed E-state index contributed by atoms with van der Waals surface area (Å²) < 4.78 is 38.0. The summed E-state index contributed by atoms with van der Waals surface area (Å²) in [5.74, 6) is 0. The molecule has 0 heterocycles. The molecule has 1 aromatic rings. The molecule has 5 nitrogen and oxygen atoms in total. The van der Waals surface area contributed by atoms with E-state index in [0.717, 1.165) is 12.1 Å². The molecule has 0 fully saturated rings. The number of alkyl halides is 3. The van der Waals surface area contributed by atoms with Crippen molar-refractivity contribution < 1.29 is 18.3 Å². The zero-order chi connectivity index (χ0) is 14.5. The minimum absolute atomic E-state index is 0.125. The molecular weight excluding hydrogens is 261 g/mol. The van der Waals surface area contributed by atoms with Gasteiger partial charge in [-0.15, -0.1) is 0 Å². The largest absolute Gasteiger partial charge is 0.416 e. The average Bonchev–Trinajstić information content (AvgIpc) is 2.38. The Hall–Kier alpha value is -2.58. The van der Waals surface area contributed by atoms with Gasteiger partial charge in [-0.2, -0.15) is 28.8 Å². The number of nitriles is 2. The van der Waals surface area contributed by atoms with E-state index in [2.05, 4.69) is 10.5 Å². The molecule has 19 heavy (non-hydrogen) atoms. The molecule has 1 aromatic carbocycles. The van der Waals surface area contributed by atoms with E-state index in [0.29, 0.717) is 0 Å². The second kappa shape index (κ2) is 5.85. The molecule has 0 aliphatic carbocycles. The summed E-state index contributed by atoms with van der Waals surface area (Å²) in [6.45, 7) is -0.859. The van der Waals surface area contributed by atoms with Crippen LogP contribution in [0.3, 0.4) is 0 Å². The highest BCUT2D eigenvalue weighted by atomic mass is 19.4. The number of halogens is 3. The summed E-state index contributed by atoms with van der Waals surface area (Å²) >= 11 is 0. The quantitative estimate of drug-likeness (QED) is 0.647. The number of benzene rings is 1. The first-order valence-corrected chi connectivity index (χ1v) is 4.88. The van der Waals surface area contributed by atoms with Gasteiger partial charge in [-0.1, -0.05) is 6.07 Å². The van der Waals surface area contributed by atoms with E-state index in [1.807, 2.05) is 0 Å². The molecule has 8 heteroatoms. The Morgan fingerprint density at radius 3 is 2.42 bits per heavy atom. The number of aliphatic hydroxyl groups is 1. The maximum atomic E-state index is 12.7. The van der Waals surface area contributed by atoms with E-state index in [9.17, 15) is 13.2 Å². The zero-order valence-electron chi connectivity index (χ0n) is 9.36. The summed E-state index contributed by atoms with van der Waals surface area (Å²) in [6, 6.07) is 6.08. The third-order valence-corrected chi connectivity index (χ3v) is 2.14. The number of anilines is 1. The SMILES string of the molecule is N#CC(C#N)=NNc1cccc(C(F)(F)F)c1CO. The molecule has 2 N–H and O–H groups in total. The molecule has 0 saturated carbocycles. The summed E-state index contributed by atoms with van der Waals surface area (Å²) in [4.78, 5) is 0. The molecule has 0 saturated heterocycles. The first-order valence-electron chi connectivity index (χ1n) is 4.88. The van der Waals surface area contributed by atoms with Crippen molar-refractivity contribution in [3.8, 4) is 12.1 Å². The van der Waals surface area contributed by atoms with Crippen molar-refractivity contribution in [3.05, 3.63) is 29.3 Å². The highest BCUT2D eigenvalue weighted by molar-refractivity contribution is 6.10. The molecule has 0 amide bonds. The van der Waals surface area contributed by atoms with Gasteiger partial charge in [-0.3, -0.25) is 5.43 Å². The fraction of sp³-hybridized carbons (Fsp3) is 0.182. The lowest BCUT2D eigenvalue weighted by molar-refractivity contribution is -0.138. The lowest BCUT2D eigenvalue weighted by Crippen LogP contribution is -2.11. The van der Waals surface area contributed by atoms with Gasteiger partial charge in [0.2, 0.25) is 5.71 Å². The predicted molar refractivity (Wildman–Crippen MR) is 59.7 cm³/mol. The van der Waals surface area contributed by atoms with Crippen LogP contribution in [-0.4, -0.2) is 10.8 Å². The van der Waals surface area contributed by atoms with E-state index in [-0.39, 0.29) is 5.69 Å². The Balaban J connectivity index is 3.21. The molecule has 0 aliphatic heterocycles. The Bertz CT molecular complexity index is 565. The molecule has 0 atom stereocenters. The van der Waals surface area contributed by atoms with Gasteiger partial charge < -0.3 is 5.11 Å². The maximum Gasteiger partial charge on any atom is 0.416 e. The molecule has 1 rings (SSSR count). The van der Waals surface area contributed by atoms with Crippen molar-refractivity contribution >= 4 is 11.4 Å². The summed E-state index contributed by atoms with van der Waals surface area (Å²) in [5, 5.41) is 29.2. The van der Waals surface area contributed by atoms with Crippen LogP contribution in [0.25, 0.3) is 0 Å². The topological polar surface area (TPSA) is 92.2 Å². The number of nitrogens with one attached hydrogen (secondary N) is 1. The van der Waals surface area contributed by atoms with Crippen molar-refractivity contribution in [2.45, 2.75) is 12.8 Å². The van der Waals surface area contributed by atoms with Crippen LogP contribution in [0.1, 0.15) is 11.1 Å². The van der Waals surface area contributed by atoms with Gasteiger partial charge in [0.15, 0.2) is 0 Å². The first-order chi connectivity index (χ1) is 8.93. The van der Waals surface area contributed by atoms with E-state index >= 15 is 0 Å². The van der Waals surface area contributed by atoms with Gasteiger partial charge in [0, 0.05) is 5.56 Å². The van der Waals surface area contributed by atoms with Gasteiger partial charge in [-0.25, -0.2) is 0 Å². The summed E-state index contributed by atoms with van der Waals surface area (Å²) in [5.41, 5.74) is 0.0794. The molecule has 0 aliphatic rings. The molecule has 0 unspecified atom stereocenters. The van der Waals surface area contributed by atoms with Crippen LogP contribution >= 0.6 is 0 Å². The van der Waals surface area contributed by atoms with Gasteiger partial charge in [-0.05, 0) is 12.1 Å². The van der Waals surface area contributed by atoms with Crippen molar-refractivity contribution in [1.29, 1.82) is 10.5 Å². The van der Waals surface area contributed by atoms with Crippen molar-refractivity contribution in [2.24, 2.45) is 5.10 Å². The summed E-state index contributed by atoms with van der Waals surface area (Å²) in [7, 11) is 0. The van der Waals surface area contributed by atoms with Gasteiger partial charge in [0.05, 0.1) is 17.9 Å². The highest BCUT2D eigenvalue weighted by Crippen LogP contribution is 2.35. The predicted octanol–water partition coefficient (Wildman–Crippen LogP) is 2.01. The molecule has 98 valence electrons. The molecule has 0 bridgehead atoms. The Labute approximate surface area is 106 Å². The molecule has 0 radical (unpaired) electrons. The van der Waals surface area contributed by atoms with Crippen LogP contribution in [0, 0.1) is 22.7 Å². The minimum atomic E-state index is -4.62. The number of hydrogen-bond acceptors (Lipinski definition) is 5. The average molecular weight is 268 g/mol. The number of nitrogens with zero attached hydrogens (tertiary/aromatic N) is 3. The highest BCUT2D eigenvalue weighted by Gasteiger charge is 2.33. The molecule has 0 spiro atoms. The second-order valence-electron chi connectivity index (χ2n) is 3.28. The fourth-order valence-corrected chi connectivity index (χ4v) is 1.32. The Morgan fingerprint density at radius 2 is 1.95 bits per heavy atom. The molecular formula is C11H7F3N4O. The van der Waals surface area contributed by atoms with Gasteiger partial charge in [0.25, 0.3) is 0 Å². The number of hydrogen-bond donors (Lipinski definition) is 2. The van der Waals surface area contributed by atoms with Gasteiger partial charge in [0.1, 0.15) is 12.1 Å². The standard InChI is InChI=1S/C11H7F3N4O/c12-11(13,14)9-2-1-3-10(8(9)6-19)18-17-7(4-15)5-16/h1-3,18-19H,6H2. The van der Waals surface area contributed by atoms with E-state index in [4.69, 9.17) is 15.6 Å². The van der Waals surface area contributed by atoms with Crippen LogP contribution in [0.15, 0.2) is 23.3 Å². The number of rotatable bonds is 3. The lowest BCUT2D eigenvalue weighted by atomic mass is 10.1. The normalized spacial score (nSPS) is 10.2. The van der Waals surface area contributed by atoms with Crippen molar-refractivity contribution in [1.82, 2.24) is 0 Å². The third kappa shape index (κ3) is 3.44. The van der Waals surface area contributed by atoms with Crippen LogP contribution in [0.4, 0.5) is 18.9 Å². The van der Waals surface area contributed by atoms with E-state index < -0.39 is 29.6 Å². The van der Waals surface area contributed by atoms with Crippen molar-refractivity contribution in [3.63, 3.8) is 0 Å². The fourth-order valence-electron chi connectivity index (χ4n) is 1.32. The summed E-state index contributed by atoms with van der Waals surface area (Å²) in [6.07, 6.45) is -4.62. The Morgan fingerprint density at radius 1 is 1.32 bits per heavy atom. The first kappa shape index (κ1) is 14.5. The number of aliphatic hydroxyl groups excluding tert-OH is 1. The smallest absolute Gasteiger partial charge is 0.392 e. The third-order valence-electron chi connectivity index (χ3n) is 2.14. The maximum absolute atomic E-state index is 12.7. The van der Waals surface area contributed by atoms with Crippen LogP contribution < -0.4 is 5.43 Å². The minimum Gasteiger partial charge on any atom is -0.392 e. The van der Waals surface area contributed by atoms with E-state index in [1.165, 1.54) is 18.2 Å². The molecule has 0 aromatic heterocycles. The van der Waals surface area contributed by atoms with Gasteiger partial charge >= 0.3 is 6.18 Å². The van der Waals surface area contributed by atoms with Crippen LogP contribution in [-0.2, 0) is 12.8 Å².